The highest BCUT2D eigenvalue weighted by Crippen LogP contribution is 2.37. The van der Waals surface area contributed by atoms with E-state index < -0.39 is 0 Å². The maximum Gasteiger partial charge on any atom is 0.145 e. The van der Waals surface area contributed by atoms with E-state index in [-0.39, 0.29) is 16.8 Å². The second kappa shape index (κ2) is 5.78. The SMILES string of the molecule is CC(C)c1cc(C2CC(CN)CN2C)cc(Cl)c1F. The van der Waals surface area contributed by atoms with Crippen LogP contribution in [0.2, 0.25) is 5.02 Å². The Balaban J connectivity index is 2.35. The predicted molar refractivity (Wildman–Crippen MR) is 78.0 cm³/mol. The summed E-state index contributed by atoms with van der Waals surface area (Å²) in [5.74, 6) is 0.368. The Hall–Kier alpha value is -0.640. The van der Waals surface area contributed by atoms with E-state index in [0.717, 1.165) is 18.5 Å². The molecule has 4 heteroatoms. The van der Waals surface area contributed by atoms with Crippen LogP contribution in [0.5, 0.6) is 0 Å². The molecule has 0 radical (unpaired) electrons. The zero-order valence-corrected chi connectivity index (χ0v) is 12.5. The zero-order valence-electron chi connectivity index (χ0n) is 11.8. The standard InChI is InChI=1S/C15H22ClFN2/c1-9(2)12-5-11(6-13(16)15(12)17)14-4-10(7-18)8-19(14)3/h5-6,9-10,14H,4,7-8,18H2,1-3H3. The van der Waals surface area contributed by atoms with Crippen molar-refractivity contribution >= 4 is 11.6 Å². The smallest absolute Gasteiger partial charge is 0.145 e. The molecule has 0 bridgehead atoms. The molecule has 0 spiro atoms. The lowest BCUT2D eigenvalue weighted by Gasteiger charge is -2.21. The van der Waals surface area contributed by atoms with Gasteiger partial charge in [0, 0.05) is 12.6 Å². The Morgan fingerprint density at radius 1 is 1.47 bits per heavy atom. The van der Waals surface area contributed by atoms with Crippen molar-refractivity contribution in [2.45, 2.75) is 32.2 Å². The molecule has 1 saturated heterocycles. The third kappa shape index (κ3) is 2.93. The molecule has 1 aromatic carbocycles. The molecule has 2 nitrogen and oxygen atoms in total. The predicted octanol–water partition coefficient (Wildman–Crippen LogP) is 3.55. The van der Waals surface area contributed by atoms with Crippen molar-refractivity contribution < 1.29 is 4.39 Å². The Kier molecular flexibility index (Phi) is 4.49. The number of hydrogen-bond donors (Lipinski definition) is 1. The first-order valence-corrected chi connectivity index (χ1v) is 7.21. The fraction of sp³-hybridized carbons (Fsp3) is 0.600. The summed E-state index contributed by atoms with van der Waals surface area (Å²) in [5, 5.41) is 0.228. The van der Waals surface area contributed by atoms with Crippen LogP contribution in [0.4, 0.5) is 4.39 Å². The molecular weight excluding hydrogens is 263 g/mol. The molecule has 0 saturated carbocycles. The topological polar surface area (TPSA) is 29.3 Å². The summed E-state index contributed by atoms with van der Waals surface area (Å²) < 4.78 is 14.0. The normalized spacial score (nSPS) is 24.4. The van der Waals surface area contributed by atoms with Crippen LogP contribution in [0.25, 0.3) is 0 Å². The lowest BCUT2D eigenvalue weighted by Crippen LogP contribution is -2.20. The molecule has 0 aliphatic carbocycles. The second-order valence-corrected chi connectivity index (χ2v) is 6.26. The summed E-state index contributed by atoms with van der Waals surface area (Å²) in [7, 11) is 2.09. The van der Waals surface area contributed by atoms with E-state index in [1.807, 2.05) is 19.9 Å². The quantitative estimate of drug-likeness (QED) is 0.920. The molecule has 1 aliphatic rings. The maximum absolute atomic E-state index is 14.0. The van der Waals surface area contributed by atoms with Crippen LogP contribution in [0.1, 0.15) is 43.4 Å². The van der Waals surface area contributed by atoms with Gasteiger partial charge in [0.15, 0.2) is 0 Å². The number of hydrogen-bond acceptors (Lipinski definition) is 2. The van der Waals surface area contributed by atoms with Crippen LogP contribution >= 0.6 is 11.6 Å². The van der Waals surface area contributed by atoms with Gasteiger partial charge >= 0.3 is 0 Å². The lowest BCUT2D eigenvalue weighted by atomic mass is 9.94. The van der Waals surface area contributed by atoms with E-state index in [9.17, 15) is 4.39 Å². The Bertz CT molecular complexity index is 462. The summed E-state index contributed by atoms with van der Waals surface area (Å²) in [6.45, 7) is 5.67. The van der Waals surface area contributed by atoms with Crippen molar-refractivity contribution in [3.05, 3.63) is 34.1 Å². The molecule has 2 N–H and O–H groups in total. The monoisotopic (exact) mass is 284 g/mol. The van der Waals surface area contributed by atoms with Crippen LogP contribution in [0, 0.1) is 11.7 Å². The first-order valence-electron chi connectivity index (χ1n) is 6.83. The van der Waals surface area contributed by atoms with E-state index in [2.05, 4.69) is 11.9 Å². The summed E-state index contributed by atoms with van der Waals surface area (Å²) in [4.78, 5) is 2.28. The minimum Gasteiger partial charge on any atom is -0.330 e. The number of benzene rings is 1. The number of likely N-dealkylation sites (tertiary alicyclic amines) is 1. The van der Waals surface area contributed by atoms with Gasteiger partial charge in [-0.1, -0.05) is 31.5 Å². The summed E-state index contributed by atoms with van der Waals surface area (Å²) in [6.07, 6.45) is 1.02. The van der Waals surface area contributed by atoms with Gasteiger partial charge in [-0.15, -0.1) is 0 Å². The first-order chi connectivity index (χ1) is 8.93. The molecule has 1 aromatic rings. The number of rotatable bonds is 3. The fourth-order valence-electron chi connectivity index (χ4n) is 2.91. The fourth-order valence-corrected chi connectivity index (χ4v) is 3.15. The molecule has 0 aromatic heterocycles. The van der Waals surface area contributed by atoms with Gasteiger partial charge in [0.2, 0.25) is 0 Å². The van der Waals surface area contributed by atoms with Gasteiger partial charge in [0.25, 0.3) is 0 Å². The van der Waals surface area contributed by atoms with E-state index in [0.29, 0.717) is 24.1 Å². The van der Waals surface area contributed by atoms with Gasteiger partial charge in [-0.3, -0.25) is 4.90 Å². The van der Waals surface area contributed by atoms with Crippen LogP contribution in [-0.2, 0) is 0 Å². The van der Waals surface area contributed by atoms with Crippen LogP contribution in [-0.4, -0.2) is 25.0 Å². The highest BCUT2D eigenvalue weighted by molar-refractivity contribution is 6.30. The highest BCUT2D eigenvalue weighted by Gasteiger charge is 2.30. The van der Waals surface area contributed by atoms with E-state index in [4.69, 9.17) is 17.3 Å². The molecular formula is C15H22ClFN2. The van der Waals surface area contributed by atoms with Gasteiger partial charge in [-0.2, -0.15) is 0 Å². The molecule has 1 heterocycles. The molecule has 2 unspecified atom stereocenters. The largest absolute Gasteiger partial charge is 0.330 e. The van der Waals surface area contributed by atoms with Crippen molar-refractivity contribution in [3.8, 4) is 0 Å². The zero-order chi connectivity index (χ0) is 14.2. The van der Waals surface area contributed by atoms with E-state index >= 15 is 0 Å². The van der Waals surface area contributed by atoms with Crippen molar-refractivity contribution in [2.24, 2.45) is 11.7 Å². The molecule has 19 heavy (non-hydrogen) atoms. The summed E-state index contributed by atoms with van der Waals surface area (Å²) in [6, 6.07) is 4.03. The molecule has 1 fully saturated rings. The van der Waals surface area contributed by atoms with Crippen LogP contribution < -0.4 is 5.73 Å². The van der Waals surface area contributed by atoms with Gasteiger partial charge in [0.1, 0.15) is 5.82 Å². The Morgan fingerprint density at radius 2 is 2.16 bits per heavy atom. The van der Waals surface area contributed by atoms with Crippen LogP contribution in [0.3, 0.4) is 0 Å². The average molecular weight is 285 g/mol. The maximum atomic E-state index is 14.0. The molecule has 2 atom stereocenters. The number of halogens is 2. The van der Waals surface area contributed by atoms with Gasteiger partial charge < -0.3 is 5.73 Å². The molecule has 0 amide bonds. The van der Waals surface area contributed by atoms with Gasteiger partial charge in [0.05, 0.1) is 5.02 Å². The summed E-state index contributed by atoms with van der Waals surface area (Å²) >= 11 is 6.04. The van der Waals surface area contributed by atoms with E-state index in [1.54, 1.807) is 6.07 Å². The Labute approximate surface area is 119 Å². The lowest BCUT2D eigenvalue weighted by molar-refractivity contribution is 0.313. The molecule has 2 rings (SSSR count). The minimum absolute atomic E-state index is 0.134. The third-order valence-corrected chi connectivity index (χ3v) is 4.33. The van der Waals surface area contributed by atoms with Gasteiger partial charge in [-0.25, -0.2) is 4.39 Å². The molecule has 1 aliphatic heterocycles. The second-order valence-electron chi connectivity index (χ2n) is 5.85. The highest BCUT2D eigenvalue weighted by atomic mass is 35.5. The van der Waals surface area contributed by atoms with Crippen molar-refractivity contribution in [1.29, 1.82) is 0 Å². The van der Waals surface area contributed by atoms with Crippen molar-refractivity contribution in [2.75, 3.05) is 20.1 Å². The minimum atomic E-state index is -0.281. The number of nitrogens with two attached hydrogens (primary N) is 1. The summed E-state index contributed by atoms with van der Waals surface area (Å²) in [5.41, 5.74) is 7.56. The third-order valence-electron chi connectivity index (χ3n) is 4.05. The van der Waals surface area contributed by atoms with Crippen molar-refractivity contribution in [1.82, 2.24) is 4.90 Å². The average Bonchev–Trinajstić information content (AvgIpc) is 2.73. The number of nitrogens with zero attached hydrogens (tertiary/aromatic N) is 1. The Morgan fingerprint density at radius 3 is 2.68 bits per heavy atom. The van der Waals surface area contributed by atoms with Gasteiger partial charge in [-0.05, 0) is 49.0 Å². The van der Waals surface area contributed by atoms with E-state index in [1.165, 1.54) is 0 Å². The van der Waals surface area contributed by atoms with Crippen molar-refractivity contribution in [3.63, 3.8) is 0 Å². The van der Waals surface area contributed by atoms with Crippen LogP contribution in [0.15, 0.2) is 12.1 Å². The molecule has 106 valence electrons. The first kappa shape index (κ1) is 14.8.